The van der Waals surface area contributed by atoms with Gasteiger partial charge < -0.3 is 9.15 Å². The van der Waals surface area contributed by atoms with Crippen LogP contribution in [-0.4, -0.2) is 67.3 Å². The van der Waals surface area contributed by atoms with Gasteiger partial charge in [0.25, 0.3) is 0 Å². The van der Waals surface area contributed by atoms with Crippen LogP contribution < -0.4 is 4.74 Å². The summed E-state index contributed by atoms with van der Waals surface area (Å²) in [6, 6.07) is 3.16. The summed E-state index contributed by atoms with van der Waals surface area (Å²) in [5.41, 5.74) is 0.141. The van der Waals surface area contributed by atoms with Crippen LogP contribution in [0.3, 0.4) is 0 Å². The third kappa shape index (κ3) is 3.51. The van der Waals surface area contributed by atoms with E-state index in [1.165, 1.54) is 25.1 Å². The van der Waals surface area contributed by atoms with Gasteiger partial charge in [0, 0.05) is 12.4 Å². The van der Waals surface area contributed by atoms with Crippen LogP contribution in [0.4, 0.5) is 0 Å². The standard InChI is InChI=1S/C9H6N2O3.K.H/c12-9(8-5-13-6-11-8)14-7-1-3-10-4-2-7;;/h1-6H;;. The number of rotatable bonds is 2. The molecule has 5 nitrogen and oxygen atoms in total. The molecule has 0 spiro atoms. The maximum absolute atomic E-state index is 11.3. The molecular weight excluding hydrogens is 223 g/mol. The van der Waals surface area contributed by atoms with Crippen LogP contribution >= 0.6 is 0 Å². The molecule has 0 aliphatic heterocycles. The van der Waals surface area contributed by atoms with Gasteiger partial charge in [0.1, 0.15) is 12.0 Å². The van der Waals surface area contributed by atoms with Gasteiger partial charge >= 0.3 is 57.4 Å². The van der Waals surface area contributed by atoms with E-state index < -0.39 is 5.97 Å². The van der Waals surface area contributed by atoms with Crippen molar-refractivity contribution < 1.29 is 13.9 Å². The van der Waals surface area contributed by atoms with E-state index in [4.69, 9.17) is 4.74 Å². The number of pyridine rings is 1. The molecule has 0 atom stereocenters. The predicted octanol–water partition coefficient (Wildman–Crippen LogP) is 0.640. The van der Waals surface area contributed by atoms with E-state index in [2.05, 4.69) is 14.4 Å². The van der Waals surface area contributed by atoms with E-state index >= 15 is 0 Å². The number of nitrogens with zero attached hydrogens (tertiary/aromatic N) is 2. The molecular formula is C9H7KN2O3. The quantitative estimate of drug-likeness (QED) is 0.559. The number of esters is 1. The number of oxazole rings is 1. The zero-order valence-electron chi connectivity index (χ0n) is 7.08. The number of hydrogen-bond acceptors (Lipinski definition) is 5. The number of carbonyl (C=O) groups excluding carboxylic acids is 1. The van der Waals surface area contributed by atoms with Crippen molar-refractivity contribution in [1.29, 1.82) is 0 Å². The fourth-order valence-electron chi connectivity index (χ4n) is 0.879. The Morgan fingerprint density at radius 2 is 2.07 bits per heavy atom. The van der Waals surface area contributed by atoms with Gasteiger partial charge in [-0.2, -0.15) is 0 Å². The molecule has 0 radical (unpaired) electrons. The predicted molar refractivity (Wildman–Crippen MR) is 52.8 cm³/mol. The first kappa shape index (κ1) is 12.5. The number of carbonyl (C=O) groups is 1. The van der Waals surface area contributed by atoms with Crippen molar-refractivity contribution in [3.05, 3.63) is 42.9 Å². The molecule has 0 saturated heterocycles. The molecule has 0 unspecified atom stereocenters. The van der Waals surface area contributed by atoms with Gasteiger partial charge in [-0.15, -0.1) is 0 Å². The maximum atomic E-state index is 11.3. The number of aromatic nitrogens is 2. The van der Waals surface area contributed by atoms with Crippen molar-refractivity contribution in [1.82, 2.24) is 9.97 Å². The van der Waals surface area contributed by atoms with E-state index in [9.17, 15) is 4.79 Å². The van der Waals surface area contributed by atoms with Crippen molar-refractivity contribution >= 4 is 57.4 Å². The van der Waals surface area contributed by atoms with Crippen LogP contribution in [0.5, 0.6) is 5.75 Å². The van der Waals surface area contributed by atoms with E-state index in [1.54, 1.807) is 12.1 Å². The van der Waals surface area contributed by atoms with Crippen LogP contribution in [0.1, 0.15) is 10.5 Å². The number of ether oxygens (including phenoxy) is 1. The molecule has 0 aromatic carbocycles. The van der Waals surface area contributed by atoms with E-state index in [0.717, 1.165) is 0 Å². The molecule has 2 heterocycles. The molecule has 0 saturated carbocycles. The molecule has 0 N–H and O–H groups in total. The van der Waals surface area contributed by atoms with E-state index in [1.807, 2.05) is 0 Å². The Labute approximate surface area is 128 Å². The second kappa shape index (κ2) is 6.14. The first-order chi connectivity index (χ1) is 6.86. The normalized spacial score (nSPS) is 9.07. The third-order valence-electron chi connectivity index (χ3n) is 1.50. The molecule has 15 heavy (non-hydrogen) atoms. The van der Waals surface area contributed by atoms with Crippen molar-refractivity contribution in [3.8, 4) is 5.75 Å². The molecule has 0 fully saturated rings. The minimum absolute atomic E-state index is 0. The first-order valence-corrected chi connectivity index (χ1v) is 3.86. The molecule has 0 aliphatic rings. The van der Waals surface area contributed by atoms with Crippen LogP contribution in [0, 0.1) is 0 Å². The SMILES string of the molecule is O=C(Oc1ccncc1)c1cocn1.[KH]. The van der Waals surface area contributed by atoms with Gasteiger partial charge in [-0.25, -0.2) is 9.78 Å². The fourth-order valence-corrected chi connectivity index (χ4v) is 0.879. The molecule has 2 aromatic rings. The average Bonchev–Trinajstić information content (AvgIpc) is 2.72. The third-order valence-corrected chi connectivity index (χ3v) is 1.50. The molecule has 72 valence electrons. The van der Waals surface area contributed by atoms with Gasteiger partial charge in [0.2, 0.25) is 0 Å². The second-order valence-electron chi connectivity index (χ2n) is 2.45. The summed E-state index contributed by atoms with van der Waals surface area (Å²) in [7, 11) is 0. The Morgan fingerprint density at radius 1 is 1.33 bits per heavy atom. The van der Waals surface area contributed by atoms with Gasteiger partial charge in [-0.1, -0.05) is 0 Å². The molecule has 0 aliphatic carbocycles. The molecule has 0 amide bonds. The van der Waals surface area contributed by atoms with Gasteiger partial charge in [0.15, 0.2) is 12.1 Å². The van der Waals surface area contributed by atoms with Crippen molar-refractivity contribution in [2.24, 2.45) is 0 Å². The van der Waals surface area contributed by atoms with Crippen LogP contribution in [-0.2, 0) is 0 Å². The Hall–Kier alpha value is -0.534. The molecule has 2 aromatic heterocycles. The summed E-state index contributed by atoms with van der Waals surface area (Å²) < 4.78 is 9.61. The summed E-state index contributed by atoms with van der Waals surface area (Å²) in [4.78, 5) is 18.8. The van der Waals surface area contributed by atoms with Crippen LogP contribution in [0.25, 0.3) is 0 Å². The van der Waals surface area contributed by atoms with Crippen LogP contribution in [0.15, 0.2) is 41.6 Å². The number of hydrogen-bond donors (Lipinski definition) is 0. The topological polar surface area (TPSA) is 65.2 Å². The van der Waals surface area contributed by atoms with E-state index in [0.29, 0.717) is 5.75 Å². The fraction of sp³-hybridized carbons (Fsp3) is 0. The monoisotopic (exact) mass is 230 g/mol. The van der Waals surface area contributed by atoms with Crippen molar-refractivity contribution in [2.45, 2.75) is 0 Å². The summed E-state index contributed by atoms with van der Waals surface area (Å²) in [5, 5.41) is 0. The van der Waals surface area contributed by atoms with Crippen LogP contribution in [0.2, 0.25) is 0 Å². The molecule has 2 rings (SSSR count). The zero-order valence-corrected chi connectivity index (χ0v) is 7.08. The van der Waals surface area contributed by atoms with Gasteiger partial charge in [-0.3, -0.25) is 4.98 Å². The summed E-state index contributed by atoms with van der Waals surface area (Å²) in [6.45, 7) is 0. The zero-order chi connectivity index (χ0) is 9.80. The van der Waals surface area contributed by atoms with Crippen molar-refractivity contribution in [3.63, 3.8) is 0 Å². The molecule has 0 bridgehead atoms. The summed E-state index contributed by atoms with van der Waals surface area (Å²) in [6.07, 6.45) is 5.46. The summed E-state index contributed by atoms with van der Waals surface area (Å²) >= 11 is 0. The van der Waals surface area contributed by atoms with E-state index in [-0.39, 0.29) is 57.1 Å². The average molecular weight is 230 g/mol. The summed E-state index contributed by atoms with van der Waals surface area (Å²) in [5.74, 6) is -0.127. The first-order valence-electron chi connectivity index (χ1n) is 3.86. The second-order valence-corrected chi connectivity index (χ2v) is 2.45. The Bertz CT molecular complexity index is 416. The minimum atomic E-state index is -0.551. The van der Waals surface area contributed by atoms with Gasteiger partial charge in [-0.05, 0) is 12.1 Å². The molecule has 6 heteroatoms. The Morgan fingerprint density at radius 3 is 2.67 bits per heavy atom. The Balaban J connectivity index is 0.00000112. The van der Waals surface area contributed by atoms with Gasteiger partial charge in [0.05, 0.1) is 0 Å². The Kier molecular flexibility index (Phi) is 5.13. The van der Waals surface area contributed by atoms with Crippen molar-refractivity contribution in [2.75, 3.05) is 0 Å².